The number of hydrogen-bond donors (Lipinski definition) is 1. The van der Waals surface area contributed by atoms with Crippen LogP contribution in [-0.4, -0.2) is 19.7 Å². The molecule has 1 unspecified atom stereocenters. The van der Waals surface area contributed by atoms with Crippen LogP contribution in [0.5, 0.6) is 5.75 Å². The highest BCUT2D eigenvalue weighted by atomic mass is 16.5. The molecule has 0 saturated carbocycles. The van der Waals surface area contributed by atoms with Crippen LogP contribution in [0.3, 0.4) is 0 Å². The molecule has 0 aromatic heterocycles. The fourth-order valence-electron chi connectivity index (χ4n) is 1.84. The summed E-state index contributed by atoms with van der Waals surface area (Å²) in [5, 5.41) is 3.41. The van der Waals surface area contributed by atoms with Crippen molar-refractivity contribution in [1.29, 1.82) is 0 Å². The van der Waals surface area contributed by atoms with Gasteiger partial charge in [0, 0.05) is 12.5 Å². The predicted molar refractivity (Wildman–Crippen MR) is 72.2 cm³/mol. The molecule has 92 valence electrons. The molecule has 0 spiro atoms. The minimum Gasteiger partial charge on any atom is -0.497 e. The monoisotopic (exact) mass is 231 g/mol. The van der Waals surface area contributed by atoms with E-state index < -0.39 is 0 Å². The summed E-state index contributed by atoms with van der Waals surface area (Å²) in [6.45, 7) is 3.08. The van der Waals surface area contributed by atoms with Crippen molar-refractivity contribution in [3.8, 4) is 18.1 Å². The second-order valence-corrected chi connectivity index (χ2v) is 4.05. The van der Waals surface area contributed by atoms with E-state index >= 15 is 0 Å². The fourth-order valence-corrected chi connectivity index (χ4v) is 1.84. The molecule has 0 heterocycles. The average Bonchev–Trinajstić information content (AvgIpc) is 2.37. The number of terminal acetylenes is 1. The molecule has 0 aliphatic rings. The molecular formula is C15H21NO. The molecule has 17 heavy (non-hydrogen) atoms. The molecule has 2 heteroatoms. The Morgan fingerprint density at radius 2 is 2.06 bits per heavy atom. The minimum absolute atomic E-state index is 0.423. The smallest absolute Gasteiger partial charge is 0.118 e. The first kappa shape index (κ1) is 13.6. The van der Waals surface area contributed by atoms with Crippen LogP contribution in [0.4, 0.5) is 0 Å². The maximum Gasteiger partial charge on any atom is 0.118 e. The molecule has 0 fully saturated rings. The molecule has 2 nitrogen and oxygen atoms in total. The normalized spacial score (nSPS) is 11.8. The molecule has 0 amide bonds. The molecule has 1 N–H and O–H groups in total. The van der Waals surface area contributed by atoms with E-state index in [2.05, 4.69) is 30.3 Å². The zero-order valence-corrected chi connectivity index (χ0v) is 10.7. The highest BCUT2D eigenvalue weighted by Crippen LogP contribution is 2.13. The Labute approximate surface area is 104 Å². The number of rotatable bonds is 7. The summed E-state index contributed by atoms with van der Waals surface area (Å²) in [6, 6.07) is 8.64. The maximum atomic E-state index is 5.36. The van der Waals surface area contributed by atoms with E-state index in [9.17, 15) is 0 Å². The SMILES string of the molecule is C#CCC(CCc1ccc(OC)cc1)NCC. The van der Waals surface area contributed by atoms with Gasteiger partial charge in [-0.3, -0.25) is 0 Å². The van der Waals surface area contributed by atoms with Crippen LogP contribution in [0.25, 0.3) is 0 Å². The third-order valence-electron chi connectivity index (χ3n) is 2.80. The number of hydrogen-bond acceptors (Lipinski definition) is 2. The van der Waals surface area contributed by atoms with E-state index in [1.165, 1.54) is 5.56 Å². The molecule has 0 bridgehead atoms. The standard InChI is InChI=1S/C15H21NO/c1-4-6-14(16-5-2)10-7-13-8-11-15(17-3)12-9-13/h1,8-9,11-12,14,16H,5-7,10H2,2-3H3. The maximum absolute atomic E-state index is 5.36. The van der Waals surface area contributed by atoms with Crippen molar-refractivity contribution >= 4 is 0 Å². The van der Waals surface area contributed by atoms with E-state index in [4.69, 9.17) is 11.2 Å². The highest BCUT2D eigenvalue weighted by Gasteiger charge is 2.05. The van der Waals surface area contributed by atoms with Gasteiger partial charge in [0.15, 0.2) is 0 Å². The Morgan fingerprint density at radius 3 is 2.59 bits per heavy atom. The second kappa shape index (κ2) is 7.76. The molecule has 0 radical (unpaired) electrons. The molecule has 1 rings (SSSR count). The molecule has 0 saturated heterocycles. The van der Waals surface area contributed by atoms with E-state index in [1.807, 2.05) is 12.1 Å². The van der Waals surface area contributed by atoms with Crippen LogP contribution in [0.1, 0.15) is 25.3 Å². The molecule has 1 aromatic rings. The summed E-state index contributed by atoms with van der Waals surface area (Å²) >= 11 is 0. The minimum atomic E-state index is 0.423. The number of ether oxygens (including phenoxy) is 1. The molecule has 1 atom stereocenters. The van der Waals surface area contributed by atoms with Crippen molar-refractivity contribution in [2.75, 3.05) is 13.7 Å². The van der Waals surface area contributed by atoms with Crippen LogP contribution in [0.2, 0.25) is 0 Å². The number of aryl methyl sites for hydroxylation is 1. The van der Waals surface area contributed by atoms with E-state index in [0.29, 0.717) is 6.04 Å². The highest BCUT2D eigenvalue weighted by molar-refractivity contribution is 5.27. The van der Waals surface area contributed by atoms with Gasteiger partial charge < -0.3 is 10.1 Å². The van der Waals surface area contributed by atoms with E-state index in [-0.39, 0.29) is 0 Å². The summed E-state index contributed by atoms with van der Waals surface area (Å²) in [5.74, 6) is 3.63. The first-order valence-electron chi connectivity index (χ1n) is 6.10. The van der Waals surface area contributed by atoms with Gasteiger partial charge in [-0.2, -0.15) is 0 Å². The first-order valence-corrected chi connectivity index (χ1v) is 6.10. The Hall–Kier alpha value is -1.46. The number of methoxy groups -OCH3 is 1. The largest absolute Gasteiger partial charge is 0.497 e. The molecule has 1 aromatic carbocycles. The molecule has 0 aliphatic carbocycles. The number of nitrogens with one attached hydrogen (secondary N) is 1. The van der Waals surface area contributed by atoms with Crippen molar-refractivity contribution in [2.45, 2.75) is 32.2 Å². The van der Waals surface area contributed by atoms with Gasteiger partial charge in [-0.05, 0) is 37.1 Å². The zero-order valence-electron chi connectivity index (χ0n) is 10.7. The summed E-state index contributed by atoms with van der Waals surface area (Å²) in [7, 11) is 1.68. The Bertz CT molecular complexity index is 350. The van der Waals surface area contributed by atoms with Crippen LogP contribution < -0.4 is 10.1 Å². The van der Waals surface area contributed by atoms with Gasteiger partial charge in [-0.25, -0.2) is 0 Å². The van der Waals surface area contributed by atoms with Crippen LogP contribution >= 0.6 is 0 Å². The lowest BCUT2D eigenvalue weighted by Gasteiger charge is -2.15. The number of benzene rings is 1. The summed E-state index contributed by atoms with van der Waals surface area (Å²) in [5.41, 5.74) is 1.32. The van der Waals surface area contributed by atoms with Crippen LogP contribution in [-0.2, 0) is 6.42 Å². The molecular weight excluding hydrogens is 210 g/mol. The Morgan fingerprint density at radius 1 is 1.35 bits per heavy atom. The van der Waals surface area contributed by atoms with Gasteiger partial charge in [0.25, 0.3) is 0 Å². The van der Waals surface area contributed by atoms with Crippen molar-refractivity contribution in [2.24, 2.45) is 0 Å². The van der Waals surface area contributed by atoms with Gasteiger partial charge in [-0.15, -0.1) is 12.3 Å². The predicted octanol–water partition coefficient (Wildman–Crippen LogP) is 2.63. The lowest BCUT2D eigenvalue weighted by molar-refractivity contribution is 0.414. The first-order chi connectivity index (χ1) is 8.30. The van der Waals surface area contributed by atoms with E-state index in [1.54, 1.807) is 7.11 Å². The third-order valence-corrected chi connectivity index (χ3v) is 2.80. The lowest BCUT2D eigenvalue weighted by Crippen LogP contribution is -2.28. The Balaban J connectivity index is 2.44. The van der Waals surface area contributed by atoms with Gasteiger partial charge in [0.2, 0.25) is 0 Å². The summed E-state index contributed by atoms with van der Waals surface area (Å²) < 4.78 is 5.13. The van der Waals surface area contributed by atoms with Crippen LogP contribution in [0.15, 0.2) is 24.3 Å². The van der Waals surface area contributed by atoms with Gasteiger partial charge >= 0.3 is 0 Å². The molecule has 0 aliphatic heterocycles. The van der Waals surface area contributed by atoms with E-state index in [0.717, 1.165) is 31.6 Å². The van der Waals surface area contributed by atoms with Gasteiger partial charge in [0.05, 0.1) is 7.11 Å². The zero-order chi connectivity index (χ0) is 12.5. The van der Waals surface area contributed by atoms with Crippen molar-refractivity contribution in [3.05, 3.63) is 29.8 Å². The van der Waals surface area contributed by atoms with Gasteiger partial charge in [-0.1, -0.05) is 19.1 Å². The van der Waals surface area contributed by atoms with Crippen molar-refractivity contribution < 1.29 is 4.74 Å². The van der Waals surface area contributed by atoms with Crippen molar-refractivity contribution in [3.63, 3.8) is 0 Å². The lowest BCUT2D eigenvalue weighted by atomic mass is 10.0. The quantitative estimate of drug-likeness (QED) is 0.728. The van der Waals surface area contributed by atoms with Crippen molar-refractivity contribution in [1.82, 2.24) is 5.32 Å². The van der Waals surface area contributed by atoms with Gasteiger partial charge in [0.1, 0.15) is 5.75 Å². The summed E-state index contributed by atoms with van der Waals surface area (Å²) in [6.07, 6.45) is 8.27. The van der Waals surface area contributed by atoms with Crippen LogP contribution in [0, 0.1) is 12.3 Å². The Kier molecular flexibility index (Phi) is 6.21. The topological polar surface area (TPSA) is 21.3 Å². The third kappa shape index (κ3) is 4.93. The summed E-state index contributed by atoms with van der Waals surface area (Å²) in [4.78, 5) is 0. The average molecular weight is 231 g/mol. The second-order valence-electron chi connectivity index (χ2n) is 4.05. The fraction of sp³-hybridized carbons (Fsp3) is 0.467.